The lowest BCUT2D eigenvalue weighted by Gasteiger charge is -2.24. The minimum atomic E-state index is -1.49. The summed E-state index contributed by atoms with van der Waals surface area (Å²) in [4.78, 5) is 12.4. The van der Waals surface area contributed by atoms with Gasteiger partial charge in [0.1, 0.15) is 12.2 Å². The highest BCUT2D eigenvalue weighted by Gasteiger charge is 2.67. The molecule has 0 amide bonds. The van der Waals surface area contributed by atoms with Crippen molar-refractivity contribution in [2.45, 2.75) is 43.5 Å². The first-order valence-electron chi connectivity index (χ1n) is 9.37. The van der Waals surface area contributed by atoms with Crippen LogP contribution in [0.15, 0.2) is 60.7 Å². The number of esters is 1. The molecule has 6 heteroatoms. The van der Waals surface area contributed by atoms with Gasteiger partial charge in [-0.15, -0.1) is 0 Å². The first-order chi connectivity index (χ1) is 13.5. The van der Waals surface area contributed by atoms with Crippen molar-refractivity contribution in [2.75, 3.05) is 13.2 Å². The number of fused-ring (bicyclic) bond motifs is 1. The zero-order chi connectivity index (χ0) is 19.8. The van der Waals surface area contributed by atoms with Crippen LogP contribution in [-0.4, -0.2) is 47.9 Å². The van der Waals surface area contributed by atoms with Gasteiger partial charge in [0.2, 0.25) is 5.60 Å². The van der Waals surface area contributed by atoms with Gasteiger partial charge in [-0.25, -0.2) is 4.79 Å². The van der Waals surface area contributed by atoms with Crippen LogP contribution in [0, 0.1) is 0 Å². The van der Waals surface area contributed by atoms with Gasteiger partial charge in [-0.05, 0) is 25.0 Å². The smallest absolute Gasteiger partial charge is 0.344 e. The second-order valence-corrected chi connectivity index (χ2v) is 7.57. The molecule has 0 aromatic heterocycles. The number of carbonyl (C=O) groups excluding carboxylic acids is 1. The Hall–Kier alpha value is -2.25. The maximum atomic E-state index is 12.4. The fraction of sp³-hybridized carbons (Fsp3) is 0.409. The van der Waals surface area contributed by atoms with Crippen LogP contribution < -0.4 is 0 Å². The molecular formula is C22H24O6. The molecule has 0 unspecified atom stereocenters. The summed E-state index contributed by atoms with van der Waals surface area (Å²) in [6.45, 7) is 3.04. The molecule has 148 valence electrons. The summed E-state index contributed by atoms with van der Waals surface area (Å²) in [5, 5.41) is 9.83. The molecule has 28 heavy (non-hydrogen) atoms. The van der Waals surface area contributed by atoms with E-state index in [0.717, 1.165) is 11.1 Å². The molecular weight excluding hydrogens is 360 g/mol. The summed E-state index contributed by atoms with van der Waals surface area (Å²) in [5.41, 5.74) is 0.498. The zero-order valence-corrected chi connectivity index (χ0v) is 15.9. The molecule has 2 aliphatic heterocycles. The molecule has 0 spiro atoms. The fourth-order valence-electron chi connectivity index (χ4n) is 3.89. The first kappa shape index (κ1) is 19.1. The van der Waals surface area contributed by atoms with E-state index in [1.54, 1.807) is 13.8 Å². The van der Waals surface area contributed by atoms with Crippen LogP contribution in [0.4, 0.5) is 0 Å². The predicted octanol–water partition coefficient (Wildman–Crippen LogP) is 2.60. The highest BCUT2D eigenvalue weighted by atomic mass is 16.8. The molecule has 2 saturated heterocycles. The number of cyclic esters (lactones) is 1. The highest BCUT2D eigenvalue weighted by molar-refractivity contribution is 5.84. The molecule has 3 atom stereocenters. The molecule has 4 rings (SSSR count). The van der Waals surface area contributed by atoms with Crippen molar-refractivity contribution >= 4 is 5.97 Å². The Kier molecular flexibility index (Phi) is 4.97. The van der Waals surface area contributed by atoms with Gasteiger partial charge in [-0.1, -0.05) is 60.7 Å². The largest absolute Gasteiger partial charge is 0.455 e. The zero-order valence-electron chi connectivity index (χ0n) is 15.9. The summed E-state index contributed by atoms with van der Waals surface area (Å²) in [5.74, 6) is -1.60. The summed E-state index contributed by atoms with van der Waals surface area (Å²) in [6.07, 6.45) is -1.72. The van der Waals surface area contributed by atoms with Crippen LogP contribution in [0.2, 0.25) is 0 Å². The molecule has 0 aliphatic carbocycles. The lowest BCUT2D eigenvalue weighted by atomic mass is 9.97. The summed E-state index contributed by atoms with van der Waals surface area (Å²) < 4.78 is 23.3. The number of rotatable bonds is 6. The Morgan fingerprint density at radius 1 is 1.04 bits per heavy atom. The van der Waals surface area contributed by atoms with Gasteiger partial charge in [-0.3, -0.25) is 0 Å². The van der Waals surface area contributed by atoms with E-state index in [1.807, 2.05) is 60.7 Å². The van der Waals surface area contributed by atoms with Gasteiger partial charge in [-0.2, -0.15) is 0 Å². The predicted molar refractivity (Wildman–Crippen MR) is 100 cm³/mol. The molecule has 0 saturated carbocycles. The highest BCUT2D eigenvalue weighted by Crippen LogP contribution is 2.44. The Morgan fingerprint density at radius 3 is 2.14 bits per heavy atom. The number of aliphatic hydroxyl groups is 1. The maximum absolute atomic E-state index is 12.4. The average Bonchev–Trinajstić information content (AvgIpc) is 3.13. The molecule has 0 bridgehead atoms. The number of hydrogen-bond acceptors (Lipinski definition) is 6. The van der Waals surface area contributed by atoms with Crippen LogP contribution in [0.5, 0.6) is 0 Å². The van der Waals surface area contributed by atoms with E-state index in [0.29, 0.717) is 0 Å². The van der Waals surface area contributed by atoms with Crippen molar-refractivity contribution in [1.82, 2.24) is 0 Å². The first-order valence-corrected chi connectivity index (χ1v) is 9.37. The number of carbonyl (C=O) groups is 1. The minimum Gasteiger partial charge on any atom is -0.455 e. The lowest BCUT2D eigenvalue weighted by Crippen LogP contribution is -2.48. The minimum absolute atomic E-state index is 0.117. The van der Waals surface area contributed by atoms with E-state index in [-0.39, 0.29) is 12.7 Å². The molecule has 6 nitrogen and oxygen atoms in total. The summed E-state index contributed by atoms with van der Waals surface area (Å²) in [7, 11) is 0. The van der Waals surface area contributed by atoms with Crippen molar-refractivity contribution in [3.05, 3.63) is 71.8 Å². The van der Waals surface area contributed by atoms with Crippen molar-refractivity contribution in [3.63, 3.8) is 0 Å². The van der Waals surface area contributed by atoms with Gasteiger partial charge in [0.05, 0.1) is 13.2 Å². The van der Waals surface area contributed by atoms with Gasteiger partial charge in [0.15, 0.2) is 11.9 Å². The summed E-state index contributed by atoms with van der Waals surface area (Å²) in [6, 6.07) is 19.7. The molecule has 0 radical (unpaired) electrons. The second kappa shape index (κ2) is 7.29. The van der Waals surface area contributed by atoms with Crippen LogP contribution in [-0.2, 0) is 23.7 Å². The number of ether oxygens (including phenoxy) is 4. The van der Waals surface area contributed by atoms with Crippen LogP contribution in [0.1, 0.15) is 31.1 Å². The standard InChI is InChI=1S/C22H24O6/c1-21(2)27-19-17(26-20(24)22(19,14-23)28-21)13-25-18(15-9-5-3-6-10-15)16-11-7-4-8-12-16/h3-12,17-19,23H,13-14H2,1-2H3/t17-,19-,22-/m1/s1. The number of aliphatic hydroxyl groups excluding tert-OH is 1. The van der Waals surface area contributed by atoms with Crippen molar-refractivity contribution < 1.29 is 28.8 Å². The molecule has 2 aromatic rings. The topological polar surface area (TPSA) is 74.2 Å². The van der Waals surface area contributed by atoms with Gasteiger partial charge in [0, 0.05) is 0 Å². The quantitative estimate of drug-likeness (QED) is 0.772. The Labute approximate surface area is 164 Å². The lowest BCUT2D eigenvalue weighted by molar-refractivity contribution is -0.205. The molecule has 2 heterocycles. The third-order valence-corrected chi connectivity index (χ3v) is 5.11. The van der Waals surface area contributed by atoms with Crippen molar-refractivity contribution in [1.29, 1.82) is 0 Å². The van der Waals surface area contributed by atoms with Crippen LogP contribution >= 0.6 is 0 Å². The van der Waals surface area contributed by atoms with Crippen molar-refractivity contribution in [2.24, 2.45) is 0 Å². The Morgan fingerprint density at radius 2 is 1.61 bits per heavy atom. The fourth-order valence-corrected chi connectivity index (χ4v) is 3.89. The van der Waals surface area contributed by atoms with Gasteiger partial charge < -0.3 is 24.1 Å². The van der Waals surface area contributed by atoms with Gasteiger partial charge >= 0.3 is 5.97 Å². The Balaban J connectivity index is 1.56. The average molecular weight is 384 g/mol. The molecule has 2 aliphatic rings. The van der Waals surface area contributed by atoms with E-state index >= 15 is 0 Å². The Bertz CT molecular complexity index is 782. The van der Waals surface area contributed by atoms with E-state index < -0.39 is 36.2 Å². The van der Waals surface area contributed by atoms with Crippen LogP contribution in [0.3, 0.4) is 0 Å². The maximum Gasteiger partial charge on any atom is 0.344 e. The van der Waals surface area contributed by atoms with E-state index in [9.17, 15) is 9.90 Å². The third-order valence-electron chi connectivity index (χ3n) is 5.11. The second-order valence-electron chi connectivity index (χ2n) is 7.57. The van der Waals surface area contributed by atoms with Crippen molar-refractivity contribution in [3.8, 4) is 0 Å². The number of benzene rings is 2. The molecule has 2 fully saturated rings. The third kappa shape index (κ3) is 3.33. The molecule has 1 N–H and O–H groups in total. The summed E-state index contributed by atoms with van der Waals surface area (Å²) >= 11 is 0. The molecule has 2 aromatic carbocycles. The SMILES string of the molecule is CC1(C)O[C@@H]2[C@@H](COC(c3ccccc3)c3ccccc3)OC(=O)[C@]2(CO)O1. The van der Waals surface area contributed by atoms with E-state index in [2.05, 4.69) is 0 Å². The number of hydrogen-bond donors (Lipinski definition) is 1. The van der Waals surface area contributed by atoms with E-state index in [1.165, 1.54) is 0 Å². The van der Waals surface area contributed by atoms with E-state index in [4.69, 9.17) is 18.9 Å². The monoisotopic (exact) mass is 384 g/mol. The van der Waals surface area contributed by atoms with Crippen LogP contribution in [0.25, 0.3) is 0 Å². The normalized spacial score (nSPS) is 28.4. The van der Waals surface area contributed by atoms with Gasteiger partial charge in [0.25, 0.3) is 0 Å².